The lowest BCUT2D eigenvalue weighted by Gasteiger charge is -2.36. The summed E-state index contributed by atoms with van der Waals surface area (Å²) < 4.78 is 0. The van der Waals surface area contributed by atoms with Crippen LogP contribution >= 0.6 is 0 Å². The van der Waals surface area contributed by atoms with Crippen LogP contribution in [0.25, 0.3) is 6.08 Å². The first-order chi connectivity index (χ1) is 21.8. The number of benzene rings is 1. The molecule has 0 atom stereocenters. The van der Waals surface area contributed by atoms with E-state index in [1.807, 2.05) is 24.3 Å². The highest BCUT2D eigenvalue weighted by atomic mass is 16.2. The van der Waals surface area contributed by atoms with Gasteiger partial charge in [-0.25, -0.2) is 0 Å². The number of rotatable bonds is 20. The van der Waals surface area contributed by atoms with Gasteiger partial charge in [-0.15, -0.1) is 0 Å². The largest absolute Gasteiger partial charge is 0.433 e. The van der Waals surface area contributed by atoms with Crippen LogP contribution in [-0.2, 0) is 4.79 Å². The highest BCUT2D eigenvalue weighted by Crippen LogP contribution is 2.12. The van der Waals surface area contributed by atoms with Gasteiger partial charge in [-0.05, 0) is 52.5 Å². The highest BCUT2D eigenvalue weighted by Gasteiger charge is 2.29. The Morgan fingerprint density at radius 1 is 0.870 bits per heavy atom. The second-order valence-electron chi connectivity index (χ2n) is 11.0. The molecule has 0 aromatic heterocycles. The first-order valence-corrected chi connectivity index (χ1v) is 15.8. The standard InChI is InChI=1S/C26H49B6N8O6/c1-28(42)36-25(37-29(2)43)34-18-10-8-6-7-9-11-19-39(31(4)45)26(38-30(3)44)40(32(5)46)20-12-13-22-14-16-23(17-15-22)24(33)35-27-21-41/h12-17,21,42-46H,6-11,18-20H2,1-5H3,(H2,33,35)(H2,34,36,37)/b13-12+,38-26?. The van der Waals surface area contributed by atoms with Crippen LogP contribution in [0, 0.1) is 0 Å². The number of guanidine groups is 2. The number of hydrogen-bond acceptors (Lipinski definition) is 9. The molecule has 0 aliphatic heterocycles. The zero-order chi connectivity index (χ0) is 34.5. The minimum absolute atomic E-state index is 0.230. The van der Waals surface area contributed by atoms with Crippen molar-refractivity contribution in [3.8, 4) is 0 Å². The van der Waals surface area contributed by atoms with Crippen LogP contribution in [0.1, 0.15) is 49.7 Å². The summed E-state index contributed by atoms with van der Waals surface area (Å²) in [6.45, 7) is 9.27. The van der Waals surface area contributed by atoms with E-state index in [1.54, 1.807) is 42.2 Å². The number of amidine groups is 1. The summed E-state index contributed by atoms with van der Waals surface area (Å²) in [7, 11) is -3.48. The van der Waals surface area contributed by atoms with E-state index in [0.717, 1.165) is 51.5 Å². The van der Waals surface area contributed by atoms with E-state index >= 15 is 0 Å². The molecular formula is C26H49B6N8O6. The van der Waals surface area contributed by atoms with Crippen LogP contribution in [0.3, 0.4) is 0 Å². The monoisotopic (exact) mass is 635 g/mol. The number of carbonyl (C=O) groups is 1. The Balaban J connectivity index is 2.73. The van der Waals surface area contributed by atoms with Gasteiger partial charge in [-0.2, -0.15) is 0 Å². The number of unbranched alkanes of at least 4 members (excludes halogenated alkanes) is 5. The van der Waals surface area contributed by atoms with Crippen molar-refractivity contribution in [1.29, 1.82) is 0 Å². The fourth-order valence-corrected chi connectivity index (χ4v) is 4.43. The van der Waals surface area contributed by atoms with Gasteiger partial charge in [0.05, 0.1) is 0 Å². The lowest BCUT2D eigenvalue weighted by molar-refractivity contribution is 0.409. The maximum Gasteiger partial charge on any atom is 0.431 e. The summed E-state index contributed by atoms with van der Waals surface area (Å²) in [6.07, 6.45) is 9.87. The van der Waals surface area contributed by atoms with Crippen LogP contribution in [0.2, 0.25) is 34.1 Å². The van der Waals surface area contributed by atoms with Gasteiger partial charge in [0, 0.05) is 25.2 Å². The molecule has 0 amide bonds. The lowest BCUT2D eigenvalue weighted by atomic mass is 9.80. The van der Waals surface area contributed by atoms with Crippen molar-refractivity contribution in [2.45, 2.75) is 72.6 Å². The van der Waals surface area contributed by atoms with Crippen molar-refractivity contribution < 1.29 is 29.9 Å². The van der Waals surface area contributed by atoms with Crippen molar-refractivity contribution in [2.24, 2.45) is 20.4 Å². The molecule has 0 bridgehead atoms. The molecule has 0 aliphatic carbocycles. The number of nitrogens with two attached hydrogens (primary N) is 1. The summed E-state index contributed by atoms with van der Waals surface area (Å²) in [5, 5.41) is 56.3. The summed E-state index contributed by atoms with van der Waals surface area (Å²) >= 11 is 0. The lowest BCUT2D eigenvalue weighted by Crippen LogP contribution is -2.55. The van der Waals surface area contributed by atoms with E-state index in [-0.39, 0.29) is 12.4 Å². The fraction of sp³-hybridized carbons (Fsp3) is 0.538. The Labute approximate surface area is 276 Å². The second kappa shape index (κ2) is 23.2. The molecule has 0 heterocycles. The molecule has 0 saturated heterocycles. The number of hydrogen-bond donors (Lipinski definition) is 8. The molecular weight excluding hydrogens is 585 g/mol. The predicted octanol–water partition coefficient (Wildman–Crippen LogP) is -0.398. The van der Waals surface area contributed by atoms with Gasteiger partial charge >= 0.3 is 42.7 Å². The summed E-state index contributed by atoms with van der Waals surface area (Å²) in [4.78, 5) is 26.0. The van der Waals surface area contributed by atoms with Crippen molar-refractivity contribution in [1.82, 2.24) is 20.2 Å². The maximum atomic E-state index is 10.7. The normalized spacial score (nSPS) is 12.1. The summed E-state index contributed by atoms with van der Waals surface area (Å²) in [6, 6.07) is 7.28. The van der Waals surface area contributed by atoms with Crippen molar-refractivity contribution >= 4 is 72.7 Å². The molecule has 0 aliphatic rings. The smallest absolute Gasteiger partial charge is 0.431 e. The first-order valence-electron chi connectivity index (χ1n) is 15.8. The highest BCUT2D eigenvalue weighted by molar-refractivity contribution is 6.66. The van der Waals surface area contributed by atoms with Gasteiger partial charge in [0.25, 0.3) is 0 Å². The van der Waals surface area contributed by atoms with Crippen molar-refractivity contribution in [3.05, 3.63) is 41.5 Å². The van der Waals surface area contributed by atoms with E-state index in [0.29, 0.717) is 36.8 Å². The molecule has 247 valence electrons. The molecule has 9 N–H and O–H groups in total. The minimum Gasteiger partial charge on any atom is -0.433 e. The van der Waals surface area contributed by atoms with Crippen LogP contribution in [-0.4, -0.2) is 121 Å². The zero-order valence-corrected chi connectivity index (χ0v) is 27.8. The molecule has 14 nitrogen and oxygen atoms in total. The van der Waals surface area contributed by atoms with Gasteiger partial charge < -0.3 is 60.7 Å². The topological polar surface area (TPSA) is 212 Å². The minimum atomic E-state index is -1.05. The van der Waals surface area contributed by atoms with Crippen LogP contribution in [0.5, 0.6) is 0 Å². The molecule has 0 spiro atoms. The number of nitrogens with one attached hydrogen (secondary N) is 2. The Kier molecular flexibility index (Phi) is 20.6. The van der Waals surface area contributed by atoms with E-state index in [9.17, 15) is 29.9 Å². The van der Waals surface area contributed by atoms with E-state index in [2.05, 4.69) is 25.3 Å². The quantitative estimate of drug-likeness (QED) is 0.0304. The molecule has 1 radical (unpaired) electrons. The third-order valence-electron chi connectivity index (χ3n) is 6.59. The average Bonchev–Trinajstić information content (AvgIpc) is 2.97. The van der Waals surface area contributed by atoms with Gasteiger partial charge in [-0.1, -0.05) is 62.1 Å². The molecule has 0 unspecified atom stereocenters. The average molecular weight is 635 g/mol. The Hall–Kier alpha value is -3.17. The van der Waals surface area contributed by atoms with Crippen molar-refractivity contribution in [2.75, 3.05) is 19.6 Å². The summed E-state index contributed by atoms with van der Waals surface area (Å²) in [5.74, 6) is 0.882. The van der Waals surface area contributed by atoms with E-state index < -0.39 is 35.3 Å². The Bertz CT molecular complexity index is 1130. The van der Waals surface area contributed by atoms with E-state index in [4.69, 9.17) is 5.73 Å². The second-order valence-corrected chi connectivity index (χ2v) is 11.0. The molecule has 1 aromatic carbocycles. The number of nitrogens with zero attached hydrogens (tertiary/aromatic N) is 5. The summed E-state index contributed by atoms with van der Waals surface area (Å²) in [5.41, 5.74) is 7.42. The Morgan fingerprint density at radius 2 is 1.46 bits per heavy atom. The fourth-order valence-electron chi connectivity index (χ4n) is 4.43. The van der Waals surface area contributed by atoms with Gasteiger partial charge in [0.15, 0.2) is 11.9 Å². The SMILES string of the molecule is CB(O)N=C(NCCCCCCCCN(B(C)O)C(=NB(C)O)N(C/C=C/c1ccc(C(N)=N[B]C=O)cc1)B(C)O)NB(C)O. The van der Waals surface area contributed by atoms with Crippen molar-refractivity contribution in [3.63, 3.8) is 0 Å². The number of carbonyl (C=O) groups excluding carboxylic acids is 1. The van der Waals surface area contributed by atoms with Crippen LogP contribution in [0.4, 0.5) is 0 Å². The Morgan fingerprint density at radius 3 is 2.00 bits per heavy atom. The molecule has 1 aromatic rings. The zero-order valence-electron chi connectivity index (χ0n) is 27.8. The van der Waals surface area contributed by atoms with Gasteiger partial charge in [-0.3, -0.25) is 9.81 Å². The molecule has 0 saturated carbocycles. The molecule has 1 rings (SSSR count). The van der Waals surface area contributed by atoms with Crippen LogP contribution in [0.15, 0.2) is 45.1 Å². The van der Waals surface area contributed by atoms with Crippen LogP contribution < -0.4 is 16.3 Å². The predicted molar refractivity (Wildman–Crippen MR) is 195 cm³/mol. The van der Waals surface area contributed by atoms with Gasteiger partial charge in [0.2, 0.25) is 0 Å². The van der Waals surface area contributed by atoms with Gasteiger partial charge in [0.1, 0.15) is 12.0 Å². The molecule has 0 fully saturated rings. The molecule has 20 heteroatoms. The first kappa shape index (κ1) is 40.9. The van der Waals surface area contributed by atoms with E-state index in [1.165, 1.54) is 13.6 Å². The third-order valence-corrected chi connectivity index (χ3v) is 6.59. The third kappa shape index (κ3) is 17.5. The molecule has 46 heavy (non-hydrogen) atoms. The maximum absolute atomic E-state index is 10.7.